The summed E-state index contributed by atoms with van der Waals surface area (Å²) < 4.78 is 3.14. The van der Waals surface area contributed by atoms with Crippen molar-refractivity contribution >= 4 is 5.65 Å². The average molecular weight is 326 g/mol. The molecular formula is C20H26N2O2. The van der Waals surface area contributed by atoms with Gasteiger partial charge in [0.1, 0.15) is 5.56 Å². The van der Waals surface area contributed by atoms with Gasteiger partial charge in [-0.25, -0.2) is 9.36 Å². The summed E-state index contributed by atoms with van der Waals surface area (Å²) in [6.45, 7) is 10.4. The van der Waals surface area contributed by atoms with E-state index in [0.717, 1.165) is 0 Å². The molecule has 3 aromatic rings. The fraction of sp³-hybridized carbons (Fsp3) is 0.300. The Morgan fingerprint density at radius 3 is 2.12 bits per heavy atom. The molecular weight excluding hydrogens is 300 g/mol. The number of hydrogen-bond donors (Lipinski definition) is 0. The van der Waals surface area contributed by atoms with Crippen molar-refractivity contribution in [3.8, 4) is 17.0 Å². The molecule has 0 saturated carbocycles. The van der Waals surface area contributed by atoms with Crippen LogP contribution in [0.3, 0.4) is 0 Å². The van der Waals surface area contributed by atoms with Crippen molar-refractivity contribution in [2.45, 2.75) is 41.2 Å². The first-order valence-corrected chi connectivity index (χ1v) is 8.53. The fourth-order valence-corrected chi connectivity index (χ4v) is 2.43. The molecule has 4 heteroatoms. The Labute approximate surface area is 143 Å². The van der Waals surface area contributed by atoms with Crippen LogP contribution in [0.1, 0.15) is 34.6 Å². The van der Waals surface area contributed by atoms with Crippen LogP contribution in [0.15, 0.2) is 59.5 Å². The van der Waals surface area contributed by atoms with E-state index in [1.807, 2.05) is 58.9 Å². The zero-order valence-electron chi connectivity index (χ0n) is 15.1. The first kappa shape index (κ1) is 19.4. The van der Waals surface area contributed by atoms with Gasteiger partial charge in [0.15, 0.2) is 0 Å². The van der Waals surface area contributed by atoms with Gasteiger partial charge in [0.2, 0.25) is 0 Å². The summed E-state index contributed by atoms with van der Waals surface area (Å²) >= 11 is 0. The molecule has 2 heterocycles. The second kappa shape index (κ2) is 9.50. The van der Waals surface area contributed by atoms with Crippen LogP contribution in [-0.4, -0.2) is 4.40 Å². The first-order valence-electron chi connectivity index (χ1n) is 8.53. The normalized spacial score (nSPS) is 9.54. The Bertz CT molecular complexity index is 824. The lowest BCUT2D eigenvalue weighted by Gasteiger charge is -2.15. The number of pyridine rings is 1. The number of rotatable bonds is 2. The largest absolute Gasteiger partial charge is 0.842 e. The molecule has 0 fully saturated rings. The number of hydrogen-bond acceptors (Lipinski definition) is 2. The molecule has 0 N–H and O–H groups in total. The molecule has 3 rings (SSSR count). The highest BCUT2D eigenvalue weighted by Gasteiger charge is 2.18. The van der Waals surface area contributed by atoms with Crippen molar-refractivity contribution in [3.63, 3.8) is 0 Å². The van der Waals surface area contributed by atoms with Crippen LogP contribution < -0.4 is 15.2 Å². The molecule has 1 aromatic carbocycles. The summed E-state index contributed by atoms with van der Waals surface area (Å²) in [5.41, 5.74) is 1.21. The molecule has 0 aliphatic rings. The van der Waals surface area contributed by atoms with Crippen LogP contribution >= 0.6 is 0 Å². The molecule has 0 aliphatic heterocycles. The van der Waals surface area contributed by atoms with Gasteiger partial charge in [-0.15, -0.1) is 0 Å². The van der Waals surface area contributed by atoms with E-state index in [4.69, 9.17) is 0 Å². The standard InChI is InChI=1S/C16H14N2O2.2C2H6/c1-2-17-13-10-6-7-11-18(13)16(20)14(15(17)19)12-8-4-3-5-9-12;2*1-2/h3-11H,2H2,1H3;2*1-2H3. The van der Waals surface area contributed by atoms with Gasteiger partial charge in [0, 0.05) is 6.07 Å². The monoisotopic (exact) mass is 326 g/mol. The SMILES string of the molecule is CC.CC.CC[n+]1c([O-])c(-c2ccccc2)c(=O)n2ccccc21. The maximum atomic E-state index is 12.6. The van der Waals surface area contributed by atoms with E-state index >= 15 is 0 Å². The summed E-state index contributed by atoms with van der Waals surface area (Å²) in [7, 11) is 0. The molecule has 0 bridgehead atoms. The zero-order valence-corrected chi connectivity index (χ0v) is 15.1. The van der Waals surface area contributed by atoms with Crippen molar-refractivity contribution in [2.75, 3.05) is 0 Å². The molecule has 0 spiro atoms. The Morgan fingerprint density at radius 1 is 0.958 bits per heavy atom. The molecule has 0 unspecified atom stereocenters. The lowest BCUT2D eigenvalue weighted by atomic mass is 10.1. The third-order valence-electron chi connectivity index (χ3n) is 3.39. The van der Waals surface area contributed by atoms with Crippen LogP contribution in [0.4, 0.5) is 0 Å². The minimum Gasteiger partial charge on any atom is -0.842 e. The lowest BCUT2D eigenvalue weighted by molar-refractivity contribution is -0.712. The van der Waals surface area contributed by atoms with Gasteiger partial charge in [0.25, 0.3) is 5.65 Å². The lowest BCUT2D eigenvalue weighted by Crippen LogP contribution is -2.43. The van der Waals surface area contributed by atoms with E-state index in [9.17, 15) is 9.90 Å². The predicted molar refractivity (Wildman–Crippen MR) is 97.1 cm³/mol. The van der Waals surface area contributed by atoms with Crippen molar-refractivity contribution in [1.82, 2.24) is 4.40 Å². The highest BCUT2D eigenvalue weighted by molar-refractivity contribution is 5.66. The quantitative estimate of drug-likeness (QED) is 0.678. The highest BCUT2D eigenvalue weighted by atomic mass is 16.3. The topological polar surface area (TPSA) is 48.4 Å². The number of benzene rings is 1. The minimum atomic E-state index is -0.276. The van der Waals surface area contributed by atoms with Gasteiger partial charge in [-0.1, -0.05) is 64.1 Å². The Hall–Kier alpha value is -2.62. The summed E-state index contributed by atoms with van der Waals surface area (Å²) in [5, 5.41) is 12.6. The number of fused-ring (bicyclic) bond motifs is 1. The average Bonchev–Trinajstić information content (AvgIpc) is 2.66. The molecule has 0 aliphatic carbocycles. The van der Waals surface area contributed by atoms with Gasteiger partial charge in [0.05, 0.1) is 18.6 Å². The molecule has 0 amide bonds. The second-order valence-electron chi connectivity index (χ2n) is 4.52. The van der Waals surface area contributed by atoms with Gasteiger partial charge in [-0.05, 0) is 18.6 Å². The summed E-state index contributed by atoms with van der Waals surface area (Å²) in [4.78, 5) is 12.6. The van der Waals surface area contributed by atoms with Crippen molar-refractivity contribution in [2.24, 2.45) is 0 Å². The fourth-order valence-electron chi connectivity index (χ4n) is 2.43. The van der Waals surface area contributed by atoms with Gasteiger partial charge >= 0.3 is 5.56 Å². The highest BCUT2D eigenvalue weighted by Crippen LogP contribution is 2.20. The maximum Gasteiger partial charge on any atom is 0.349 e. The van der Waals surface area contributed by atoms with Crippen LogP contribution in [0.25, 0.3) is 16.8 Å². The van der Waals surface area contributed by atoms with E-state index in [1.165, 1.54) is 4.40 Å². The molecule has 0 radical (unpaired) electrons. The third-order valence-corrected chi connectivity index (χ3v) is 3.39. The molecule has 0 atom stereocenters. The molecule has 24 heavy (non-hydrogen) atoms. The van der Waals surface area contributed by atoms with Gasteiger partial charge < -0.3 is 5.11 Å². The smallest absolute Gasteiger partial charge is 0.349 e. The summed E-state index contributed by atoms with van der Waals surface area (Å²) in [5.74, 6) is -0.241. The first-order chi connectivity index (χ1) is 11.7. The Morgan fingerprint density at radius 2 is 1.54 bits per heavy atom. The van der Waals surface area contributed by atoms with Crippen LogP contribution in [-0.2, 0) is 6.54 Å². The Kier molecular flexibility index (Phi) is 7.69. The summed E-state index contributed by atoms with van der Waals surface area (Å²) in [6.07, 6.45) is 1.69. The molecule has 0 saturated heterocycles. The molecule has 2 aromatic heterocycles. The Balaban J connectivity index is 0.000000671. The number of aryl methyl sites for hydroxylation is 1. The maximum absolute atomic E-state index is 12.6. The van der Waals surface area contributed by atoms with Crippen molar-refractivity contribution < 1.29 is 9.67 Å². The van der Waals surface area contributed by atoms with Crippen molar-refractivity contribution in [1.29, 1.82) is 0 Å². The van der Waals surface area contributed by atoms with Crippen molar-refractivity contribution in [3.05, 3.63) is 65.1 Å². The van der Waals surface area contributed by atoms with Crippen LogP contribution in [0.5, 0.6) is 5.88 Å². The third kappa shape index (κ3) is 3.65. The summed E-state index contributed by atoms with van der Waals surface area (Å²) in [6, 6.07) is 14.5. The van der Waals surface area contributed by atoms with E-state index in [0.29, 0.717) is 17.8 Å². The second-order valence-corrected chi connectivity index (χ2v) is 4.52. The molecule has 4 nitrogen and oxygen atoms in total. The minimum absolute atomic E-state index is 0.219. The predicted octanol–water partition coefficient (Wildman–Crippen LogP) is 3.40. The van der Waals surface area contributed by atoms with E-state index in [2.05, 4.69) is 0 Å². The number of aromatic nitrogens is 2. The van der Waals surface area contributed by atoms with E-state index < -0.39 is 0 Å². The zero-order chi connectivity index (χ0) is 18.1. The van der Waals surface area contributed by atoms with E-state index in [-0.39, 0.29) is 17.0 Å². The molecule has 128 valence electrons. The van der Waals surface area contributed by atoms with Crippen LogP contribution in [0.2, 0.25) is 0 Å². The van der Waals surface area contributed by atoms with Gasteiger partial charge in [-0.3, -0.25) is 0 Å². The van der Waals surface area contributed by atoms with E-state index in [1.54, 1.807) is 35.0 Å². The van der Waals surface area contributed by atoms with Crippen LogP contribution in [0, 0.1) is 0 Å². The number of nitrogens with zero attached hydrogens (tertiary/aromatic N) is 2. The van der Waals surface area contributed by atoms with Gasteiger partial charge in [-0.2, -0.15) is 4.40 Å².